The zero-order chi connectivity index (χ0) is 19.1. The molecule has 0 saturated heterocycles. The highest BCUT2D eigenvalue weighted by Gasteiger charge is 2.18. The molecule has 0 fully saturated rings. The number of benzene rings is 1. The summed E-state index contributed by atoms with van der Waals surface area (Å²) in [6, 6.07) is 10.3. The first-order valence-electron chi connectivity index (χ1n) is 8.99. The molecule has 5 heteroatoms. The van der Waals surface area contributed by atoms with Crippen LogP contribution in [0, 0.1) is 0 Å². The first-order valence-corrected chi connectivity index (χ1v) is 8.99. The maximum Gasteiger partial charge on any atom is 0.203 e. The quantitative estimate of drug-likeness (QED) is 0.657. The largest absolute Gasteiger partial charge is 0.493 e. The van der Waals surface area contributed by atoms with Gasteiger partial charge < -0.3 is 19.1 Å². The third-order valence-corrected chi connectivity index (χ3v) is 4.53. The van der Waals surface area contributed by atoms with E-state index in [2.05, 4.69) is 38.1 Å². The van der Waals surface area contributed by atoms with Gasteiger partial charge in [0.05, 0.1) is 38.8 Å². The van der Waals surface area contributed by atoms with E-state index in [1.165, 1.54) is 12.8 Å². The average Bonchev–Trinajstić information content (AvgIpc) is 2.67. The average molecular weight is 358 g/mol. The number of nitrogens with zero attached hydrogens (tertiary/aromatic N) is 2. The predicted molar refractivity (Wildman–Crippen MR) is 105 cm³/mol. The maximum absolute atomic E-state index is 5.47. The summed E-state index contributed by atoms with van der Waals surface area (Å²) in [7, 11) is 9.06. The van der Waals surface area contributed by atoms with E-state index in [9.17, 15) is 0 Å². The number of ether oxygens (including phenoxy) is 3. The standard InChI is InChI=1S/C21H30N2O3/c1-7-8-12-18(23(2)3)17-11-9-10-16(22-17)15-13-19(24-4)21(26-6)20(14-15)25-5/h9-11,13-14,18H,7-8,12H2,1-6H3. The Bertz CT molecular complexity index is 691. The topological polar surface area (TPSA) is 43.8 Å². The second-order valence-corrected chi connectivity index (χ2v) is 6.48. The van der Waals surface area contributed by atoms with Gasteiger partial charge in [0.1, 0.15) is 0 Å². The van der Waals surface area contributed by atoms with Crippen LogP contribution in [0.3, 0.4) is 0 Å². The van der Waals surface area contributed by atoms with Crippen molar-refractivity contribution in [3.63, 3.8) is 0 Å². The third-order valence-electron chi connectivity index (χ3n) is 4.53. The summed E-state index contributed by atoms with van der Waals surface area (Å²) in [4.78, 5) is 7.16. The summed E-state index contributed by atoms with van der Waals surface area (Å²) in [5.74, 6) is 1.84. The molecule has 0 radical (unpaired) electrons. The molecule has 0 saturated carbocycles. The number of hydrogen-bond acceptors (Lipinski definition) is 5. The van der Waals surface area contributed by atoms with Crippen LogP contribution in [0.25, 0.3) is 11.3 Å². The number of rotatable bonds is 9. The summed E-state index contributed by atoms with van der Waals surface area (Å²) < 4.78 is 16.3. The lowest BCUT2D eigenvalue weighted by Gasteiger charge is -2.24. The summed E-state index contributed by atoms with van der Waals surface area (Å²) in [6.07, 6.45) is 3.45. The van der Waals surface area contributed by atoms with Crippen LogP contribution >= 0.6 is 0 Å². The van der Waals surface area contributed by atoms with Gasteiger partial charge in [-0.2, -0.15) is 0 Å². The molecule has 1 aromatic heterocycles. The second-order valence-electron chi connectivity index (χ2n) is 6.48. The minimum absolute atomic E-state index is 0.303. The molecule has 5 nitrogen and oxygen atoms in total. The van der Waals surface area contributed by atoms with E-state index in [1.54, 1.807) is 21.3 Å². The summed E-state index contributed by atoms with van der Waals surface area (Å²) in [5.41, 5.74) is 2.91. The van der Waals surface area contributed by atoms with Crippen LogP contribution in [0.4, 0.5) is 0 Å². The second kappa shape index (κ2) is 9.43. The molecule has 1 atom stereocenters. The van der Waals surface area contributed by atoms with E-state index < -0.39 is 0 Å². The lowest BCUT2D eigenvalue weighted by molar-refractivity contribution is 0.273. The van der Waals surface area contributed by atoms with Crippen molar-refractivity contribution in [3.8, 4) is 28.5 Å². The van der Waals surface area contributed by atoms with Crippen molar-refractivity contribution in [2.75, 3.05) is 35.4 Å². The van der Waals surface area contributed by atoms with Crippen molar-refractivity contribution >= 4 is 0 Å². The van der Waals surface area contributed by atoms with E-state index in [0.717, 1.165) is 23.4 Å². The monoisotopic (exact) mass is 358 g/mol. The fourth-order valence-corrected chi connectivity index (χ4v) is 3.09. The molecule has 1 aromatic carbocycles. The van der Waals surface area contributed by atoms with Crippen LogP contribution in [0.1, 0.15) is 37.9 Å². The maximum atomic E-state index is 5.47. The zero-order valence-corrected chi connectivity index (χ0v) is 16.7. The normalized spacial score (nSPS) is 12.1. The van der Waals surface area contributed by atoms with Gasteiger partial charge in [-0.25, -0.2) is 0 Å². The smallest absolute Gasteiger partial charge is 0.203 e. The van der Waals surface area contributed by atoms with Crippen molar-refractivity contribution < 1.29 is 14.2 Å². The van der Waals surface area contributed by atoms with Gasteiger partial charge in [-0.3, -0.25) is 4.98 Å². The molecule has 0 bridgehead atoms. The molecular weight excluding hydrogens is 328 g/mol. The Morgan fingerprint density at radius 2 is 1.65 bits per heavy atom. The Labute approximate surface area is 156 Å². The van der Waals surface area contributed by atoms with Crippen molar-refractivity contribution in [3.05, 3.63) is 36.0 Å². The highest BCUT2D eigenvalue weighted by Crippen LogP contribution is 2.41. The number of aromatic nitrogens is 1. The summed E-state index contributed by atoms with van der Waals surface area (Å²) in [6.45, 7) is 2.21. The zero-order valence-electron chi connectivity index (χ0n) is 16.7. The Morgan fingerprint density at radius 3 is 2.15 bits per heavy atom. The van der Waals surface area contributed by atoms with Crippen LogP contribution in [0.2, 0.25) is 0 Å². The fraction of sp³-hybridized carbons (Fsp3) is 0.476. The first kappa shape index (κ1) is 20.0. The molecule has 142 valence electrons. The fourth-order valence-electron chi connectivity index (χ4n) is 3.09. The van der Waals surface area contributed by atoms with Crippen LogP contribution < -0.4 is 14.2 Å². The van der Waals surface area contributed by atoms with E-state index in [1.807, 2.05) is 18.2 Å². The van der Waals surface area contributed by atoms with Gasteiger partial charge in [-0.05, 0) is 44.8 Å². The third kappa shape index (κ3) is 4.47. The molecule has 0 amide bonds. The van der Waals surface area contributed by atoms with E-state index in [4.69, 9.17) is 19.2 Å². The van der Waals surface area contributed by atoms with Crippen LogP contribution in [0.15, 0.2) is 30.3 Å². The Hall–Kier alpha value is -2.27. The minimum atomic E-state index is 0.303. The highest BCUT2D eigenvalue weighted by molar-refractivity contribution is 5.68. The van der Waals surface area contributed by atoms with Crippen molar-refractivity contribution in [1.82, 2.24) is 9.88 Å². The van der Waals surface area contributed by atoms with E-state index >= 15 is 0 Å². The SMILES string of the molecule is CCCCC(c1cccc(-c2cc(OC)c(OC)c(OC)c2)n1)N(C)C. The molecule has 1 unspecified atom stereocenters. The number of pyridine rings is 1. The molecule has 1 heterocycles. The number of hydrogen-bond donors (Lipinski definition) is 0. The van der Waals surface area contributed by atoms with Crippen molar-refractivity contribution in [1.29, 1.82) is 0 Å². The molecular formula is C21H30N2O3. The molecule has 0 spiro atoms. The van der Waals surface area contributed by atoms with Crippen LogP contribution in [-0.2, 0) is 0 Å². The van der Waals surface area contributed by atoms with Crippen LogP contribution in [0.5, 0.6) is 17.2 Å². The van der Waals surface area contributed by atoms with Gasteiger partial charge in [0.25, 0.3) is 0 Å². The Morgan fingerprint density at radius 1 is 1.00 bits per heavy atom. The molecule has 2 rings (SSSR count). The predicted octanol–water partition coefficient (Wildman–Crippen LogP) is 4.57. The first-order chi connectivity index (χ1) is 12.5. The summed E-state index contributed by atoms with van der Waals surface area (Å²) >= 11 is 0. The Balaban J connectivity index is 2.46. The lowest BCUT2D eigenvalue weighted by Crippen LogP contribution is -2.21. The number of unbranched alkanes of at least 4 members (excludes halogenated alkanes) is 1. The van der Waals surface area contributed by atoms with Gasteiger partial charge in [0, 0.05) is 5.56 Å². The highest BCUT2D eigenvalue weighted by atomic mass is 16.5. The van der Waals surface area contributed by atoms with Crippen LogP contribution in [-0.4, -0.2) is 45.3 Å². The number of methoxy groups -OCH3 is 3. The van der Waals surface area contributed by atoms with Crippen molar-refractivity contribution in [2.45, 2.75) is 32.2 Å². The van der Waals surface area contributed by atoms with Gasteiger partial charge in [0.2, 0.25) is 5.75 Å². The minimum Gasteiger partial charge on any atom is -0.493 e. The lowest BCUT2D eigenvalue weighted by atomic mass is 10.0. The molecule has 26 heavy (non-hydrogen) atoms. The molecule has 2 aromatic rings. The molecule has 0 aliphatic rings. The molecule has 0 aliphatic carbocycles. The van der Waals surface area contributed by atoms with Gasteiger partial charge >= 0.3 is 0 Å². The van der Waals surface area contributed by atoms with Crippen molar-refractivity contribution in [2.24, 2.45) is 0 Å². The molecule has 0 N–H and O–H groups in total. The van der Waals surface area contributed by atoms with E-state index in [-0.39, 0.29) is 0 Å². The Kier molecular flexibility index (Phi) is 7.27. The molecule has 0 aliphatic heterocycles. The van der Waals surface area contributed by atoms with Gasteiger partial charge in [-0.15, -0.1) is 0 Å². The summed E-state index contributed by atoms with van der Waals surface area (Å²) in [5, 5.41) is 0. The van der Waals surface area contributed by atoms with Gasteiger partial charge in [-0.1, -0.05) is 25.8 Å². The van der Waals surface area contributed by atoms with Gasteiger partial charge in [0.15, 0.2) is 11.5 Å². The van der Waals surface area contributed by atoms with E-state index in [0.29, 0.717) is 23.3 Å².